The Balaban J connectivity index is 2.10. The predicted octanol–water partition coefficient (Wildman–Crippen LogP) is 0.204. The number of methoxy groups -OCH3 is 2. The Morgan fingerprint density at radius 1 is 0.958 bits per heavy atom. The molecule has 24 heavy (non-hydrogen) atoms. The van der Waals surface area contributed by atoms with E-state index in [-0.39, 0.29) is 11.1 Å². The molecule has 1 aromatic rings. The smallest absolute Gasteiger partial charge is 0.320 e. The lowest BCUT2D eigenvalue weighted by Crippen LogP contribution is -2.37. The third-order valence-electron chi connectivity index (χ3n) is 3.62. The van der Waals surface area contributed by atoms with Gasteiger partial charge in [0.05, 0.1) is 31.9 Å². The molecule has 2 rings (SSSR count). The number of imide groups is 1. The first-order valence-corrected chi connectivity index (χ1v) is 7.03. The number of ether oxygens (including phenoxy) is 2. The molecule has 0 aromatic heterocycles. The van der Waals surface area contributed by atoms with Crippen LogP contribution in [0.2, 0.25) is 0 Å². The SMILES string of the molecule is COC(=O)C(CC(=O)CN1C(=O)c2ccccc2C1=O)C(=O)OC. The normalized spacial score (nSPS) is 13.0. The molecule has 1 aliphatic heterocycles. The van der Waals surface area contributed by atoms with Crippen molar-refractivity contribution in [3.05, 3.63) is 35.4 Å². The molecule has 0 unspecified atom stereocenters. The lowest BCUT2D eigenvalue weighted by atomic mass is 10.0. The zero-order valence-electron chi connectivity index (χ0n) is 13.1. The topological polar surface area (TPSA) is 107 Å². The van der Waals surface area contributed by atoms with E-state index in [0.717, 1.165) is 19.1 Å². The fourth-order valence-electron chi connectivity index (χ4n) is 2.40. The number of amides is 2. The van der Waals surface area contributed by atoms with Gasteiger partial charge >= 0.3 is 11.9 Å². The van der Waals surface area contributed by atoms with Crippen molar-refractivity contribution >= 4 is 29.5 Å². The fraction of sp³-hybridized carbons (Fsp3) is 0.312. The van der Waals surface area contributed by atoms with Crippen LogP contribution in [0.1, 0.15) is 27.1 Å². The molecule has 0 fully saturated rings. The summed E-state index contributed by atoms with van der Waals surface area (Å²) in [6.07, 6.45) is -0.521. The van der Waals surface area contributed by atoms with Crippen LogP contribution in [0.4, 0.5) is 0 Å². The molecule has 0 saturated carbocycles. The number of hydrogen-bond donors (Lipinski definition) is 0. The predicted molar refractivity (Wildman–Crippen MR) is 79.0 cm³/mol. The second-order valence-corrected chi connectivity index (χ2v) is 5.08. The number of carbonyl (C=O) groups is 5. The molecule has 126 valence electrons. The van der Waals surface area contributed by atoms with Gasteiger partial charge in [0.1, 0.15) is 0 Å². The lowest BCUT2D eigenvalue weighted by molar-refractivity contribution is -0.160. The summed E-state index contributed by atoms with van der Waals surface area (Å²) in [6.45, 7) is -0.531. The molecule has 2 amide bonds. The van der Waals surface area contributed by atoms with Crippen LogP contribution in [-0.4, -0.2) is 55.2 Å². The molecule has 0 atom stereocenters. The molecule has 1 heterocycles. The molecule has 0 saturated heterocycles. The van der Waals surface area contributed by atoms with Crippen LogP contribution in [0.5, 0.6) is 0 Å². The van der Waals surface area contributed by atoms with Crippen LogP contribution < -0.4 is 0 Å². The number of benzene rings is 1. The Morgan fingerprint density at radius 3 is 1.83 bits per heavy atom. The van der Waals surface area contributed by atoms with Crippen molar-refractivity contribution in [2.24, 2.45) is 5.92 Å². The highest BCUT2D eigenvalue weighted by atomic mass is 16.5. The maximum Gasteiger partial charge on any atom is 0.320 e. The Labute approximate surface area is 137 Å². The van der Waals surface area contributed by atoms with Gasteiger partial charge in [0.25, 0.3) is 11.8 Å². The number of nitrogens with zero attached hydrogens (tertiary/aromatic N) is 1. The molecular weight excluding hydrogens is 318 g/mol. The first-order valence-electron chi connectivity index (χ1n) is 7.03. The summed E-state index contributed by atoms with van der Waals surface area (Å²) < 4.78 is 8.92. The minimum Gasteiger partial charge on any atom is -0.468 e. The van der Waals surface area contributed by atoms with E-state index in [4.69, 9.17) is 0 Å². The van der Waals surface area contributed by atoms with Gasteiger partial charge in [0.15, 0.2) is 11.7 Å². The first-order chi connectivity index (χ1) is 11.4. The van der Waals surface area contributed by atoms with Crippen LogP contribution in [-0.2, 0) is 23.9 Å². The zero-order chi connectivity index (χ0) is 17.9. The average molecular weight is 333 g/mol. The second-order valence-electron chi connectivity index (χ2n) is 5.08. The third kappa shape index (κ3) is 3.17. The van der Waals surface area contributed by atoms with E-state index in [1.54, 1.807) is 12.1 Å². The van der Waals surface area contributed by atoms with Crippen LogP contribution in [0.15, 0.2) is 24.3 Å². The molecule has 8 nitrogen and oxygen atoms in total. The van der Waals surface area contributed by atoms with E-state index in [9.17, 15) is 24.0 Å². The van der Waals surface area contributed by atoms with Crippen molar-refractivity contribution in [1.29, 1.82) is 0 Å². The summed E-state index contributed by atoms with van der Waals surface area (Å²) in [6, 6.07) is 6.21. The minimum atomic E-state index is -1.43. The molecule has 0 radical (unpaired) electrons. The Kier molecular flexibility index (Phi) is 5.08. The summed E-state index contributed by atoms with van der Waals surface area (Å²) >= 11 is 0. The number of hydrogen-bond acceptors (Lipinski definition) is 7. The summed E-state index contributed by atoms with van der Waals surface area (Å²) in [7, 11) is 2.15. The molecule has 1 aliphatic rings. The van der Waals surface area contributed by atoms with E-state index in [0.29, 0.717) is 0 Å². The quantitative estimate of drug-likeness (QED) is 0.416. The molecule has 1 aromatic carbocycles. The highest BCUT2D eigenvalue weighted by molar-refractivity contribution is 6.22. The lowest BCUT2D eigenvalue weighted by Gasteiger charge is -2.15. The van der Waals surface area contributed by atoms with Gasteiger partial charge in [-0.1, -0.05) is 12.1 Å². The average Bonchev–Trinajstić information content (AvgIpc) is 2.83. The maximum atomic E-state index is 12.2. The summed E-state index contributed by atoms with van der Waals surface area (Å²) in [4.78, 5) is 60.4. The molecule has 0 N–H and O–H groups in total. The number of ketones is 1. The van der Waals surface area contributed by atoms with Gasteiger partial charge in [-0.05, 0) is 12.1 Å². The van der Waals surface area contributed by atoms with Crippen LogP contribution in [0, 0.1) is 5.92 Å². The number of Topliss-reactive ketones (excluding diaryl/α,β-unsaturated/α-hetero) is 1. The van der Waals surface area contributed by atoms with Gasteiger partial charge < -0.3 is 9.47 Å². The van der Waals surface area contributed by atoms with Crippen molar-refractivity contribution in [2.75, 3.05) is 20.8 Å². The van der Waals surface area contributed by atoms with Gasteiger partial charge in [0.2, 0.25) is 0 Å². The van der Waals surface area contributed by atoms with E-state index >= 15 is 0 Å². The second kappa shape index (κ2) is 7.03. The van der Waals surface area contributed by atoms with Crippen molar-refractivity contribution in [3.63, 3.8) is 0 Å². The van der Waals surface area contributed by atoms with Crippen LogP contribution in [0.25, 0.3) is 0 Å². The third-order valence-corrected chi connectivity index (χ3v) is 3.62. The van der Waals surface area contributed by atoms with E-state index < -0.39 is 48.4 Å². The Morgan fingerprint density at radius 2 is 1.42 bits per heavy atom. The largest absolute Gasteiger partial charge is 0.468 e. The highest BCUT2D eigenvalue weighted by Gasteiger charge is 2.38. The maximum absolute atomic E-state index is 12.2. The van der Waals surface area contributed by atoms with E-state index in [2.05, 4.69) is 9.47 Å². The molecular formula is C16H15NO7. The van der Waals surface area contributed by atoms with E-state index in [1.807, 2.05) is 0 Å². The molecule has 8 heteroatoms. The number of carbonyl (C=O) groups excluding carboxylic acids is 5. The zero-order valence-corrected chi connectivity index (χ0v) is 13.1. The summed E-state index contributed by atoms with van der Waals surface area (Å²) in [5, 5.41) is 0. The van der Waals surface area contributed by atoms with Gasteiger partial charge in [-0.25, -0.2) is 0 Å². The summed E-state index contributed by atoms with van der Waals surface area (Å²) in [5.41, 5.74) is 0.431. The van der Waals surface area contributed by atoms with Crippen molar-refractivity contribution in [1.82, 2.24) is 4.90 Å². The molecule has 0 spiro atoms. The number of rotatable bonds is 6. The molecule has 0 bridgehead atoms. The van der Waals surface area contributed by atoms with Crippen molar-refractivity contribution in [2.45, 2.75) is 6.42 Å². The van der Waals surface area contributed by atoms with Crippen LogP contribution in [0.3, 0.4) is 0 Å². The van der Waals surface area contributed by atoms with E-state index in [1.165, 1.54) is 12.1 Å². The van der Waals surface area contributed by atoms with Gasteiger partial charge in [-0.2, -0.15) is 0 Å². The highest BCUT2D eigenvalue weighted by Crippen LogP contribution is 2.22. The van der Waals surface area contributed by atoms with Crippen LogP contribution >= 0.6 is 0 Å². The van der Waals surface area contributed by atoms with Gasteiger partial charge in [-0.3, -0.25) is 28.9 Å². The monoisotopic (exact) mass is 333 g/mol. The van der Waals surface area contributed by atoms with Crippen molar-refractivity contribution < 1.29 is 33.4 Å². The fourth-order valence-corrected chi connectivity index (χ4v) is 2.40. The summed E-state index contributed by atoms with van der Waals surface area (Å²) in [5.74, 6) is -5.07. The standard InChI is InChI=1S/C16H15NO7/c1-23-15(21)12(16(22)24-2)7-9(18)8-17-13(19)10-5-3-4-6-11(10)14(17)20/h3-6,12H,7-8H2,1-2H3. The molecule has 0 aliphatic carbocycles. The Bertz CT molecular complexity index is 674. The Hall–Kier alpha value is -3.03. The first kappa shape index (κ1) is 17.3. The number of fused-ring (bicyclic) bond motifs is 1. The van der Waals surface area contributed by atoms with Gasteiger partial charge in [0, 0.05) is 6.42 Å². The van der Waals surface area contributed by atoms with Crippen molar-refractivity contribution in [3.8, 4) is 0 Å². The minimum absolute atomic E-state index is 0.216. The van der Waals surface area contributed by atoms with Gasteiger partial charge in [-0.15, -0.1) is 0 Å². The number of esters is 2.